The Morgan fingerprint density at radius 2 is 1.45 bits per heavy atom. The van der Waals surface area contributed by atoms with Crippen LogP contribution in [0.3, 0.4) is 0 Å². The summed E-state index contributed by atoms with van der Waals surface area (Å²) in [4.78, 5) is 0. The molecule has 1 N–H and O–H groups in total. The number of aliphatic hydroxyl groups is 1. The van der Waals surface area contributed by atoms with Crippen LogP contribution in [0.1, 0.15) is 43.4 Å². The lowest BCUT2D eigenvalue weighted by Crippen LogP contribution is -2.52. The number of rotatable bonds is 5. The average Bonchev–Trinajstić information content (AvgIpc) is 2.36. The van der Waals surface area contributed by atoms with Crippen LogP contribution in [0.4, 0.5) is 30.7 Å². The van der Waals surface area contributed by atoms with Crippen molar-refractivity contribution in [2.75, 3.05) is 0 Å². The highest BCUT2D eigenvalue weighted by atomic mass is 19.4. The topological polar surface area (TPSA) is 20.2 Å². The van der Waals surface area contributed by atoms with Crippen molar-refractivity contribution in [2.24, 2.45) is 0 Å². The van der Waals surface area contributed by atoms with Gasteiger partial charge in [0.15, 0.2) is 0 Å². The molecule has 1 atom stereocenters. The van der Waals surface area contributed by atoms with Gasteiger partial charge in [-0.15, -0.1) is 0 Å². The molecule has 0 fully saturated rings. The molecule has 0 aliphatic rings. The molecule has 0 aliphatic carbocycles. The van der Waals surface area contributed by atoms with Crippen molar-refractivity contribution in [3.63, 3.8) is 0 Å². The summed E-state index contributed by atoms with van der Waals surface area (Å²) < 4.78 is 88.3. The van der Waals surface area contributed by atoms with Gasteiger partial charge in [0.25, 0.3) is 0 Å². The largest absolute Gasteiger partial charge is 0.459 e. The molecule has 1 aromatic carbocycles. The van der Waals surface area contributed by atoms with Gasteiger partial charge in [0, 0.05) is 6.42 Å². The maximum absolute atomic E-state index is 13.3. The van der Waals surface area contributed by atoms with Crippen LogP contribution >= 0.6 is 0 Å². The van der Waals surface area contributed by atoms with Crippen LogP contribution in [0.2, 0.25) is 0 Å². The van der Waals surface area contributed by atoms with Crippen LogP contribution in [-0.2, 0) is 0 Å². The molecule has 0 saturated heterocycles. The highest BCUT2D eigenvalue weighted by Gasteiger charge is 2.72. The zero-order valence-electron chi connectivity index (χ0n) is 11.8. The minimum absolute atomic E-state index is 0.0238. The summed E-state index contributed by atoms with van der Waals surface area (Å²) in [7, 11) is 0. The fourth-order valence-electron chi connectivity index (χ4n) is 1.82. The maximum atomic E-state index is 13.3. The molecule has 0 aliphatic heterocycles. The lowest BCUT2D eigenvalue weighted by atomic mass is 9.95. The monoisotopic (exact) mass is 332 g/mol. The summed E-state index contributed by atoms with van der Waals surface area (Å²) in [6.45, 7) is 3.55. The van der Waals surface area contributed by atoms with Crippen molar-refractivity contribution in [2.45, 2.75) is 50.3 Å². The minimum atomic E-state index is -6.39. The van der Waals surface area contributed by atoms with Gasteiger partial charge in [-0.2, -0.15) is 30.7 Å². The number of alkyl halides is 7. The van der Waals surface area contributed by atoms with E-state index in [1.807, 2.05) is 0 Å². The zero-order chi connectivity index (χ0) is 17.3. The summed E-state index contributed by atoms with van der Waals surface area (Å²) in [6.07, 6.45) is -10.6. The molecule has 0 radical (unpaired) electrons. The van der Waals surface area contributed by atoms with Crippen LogP contribution in [0.5, 0.6) is 0 Å². The molecule has 0 spiro atoms. The van der Waals surface area contributed by atoms with Gasteiger partial charge >= 0.3 is 18.0 Å². The predicted octanol–water partition coefficient (Wildman–Crippen LogP) is 5.07. The quantitative estimate of drug-likeness (QED) is 0.747. The first kappa shape index (κ1) is 18.7. The molecule has 1 nitrogen and oxygen atoms in total. The molecule has 0 heterocycles. The molecular formula is C14H15F7O. The summed E-state index contributed by atoms with van der Waals surface area (Å²) in [6, 6.07) is 5.53. The van der Waals surface area contributed by atoms with Gasteiger partial charge in [0.2, 0.25) is 0 Å². The molecule has 0 aromatic heterocycles. The smallest absolute Gasteiger partial charge is 0.388 e. The molecule has 1 unspecified atom stereocenters. The number of benzene rings is 1. The van der Waals surface area contributed by atoms with Crippen LogP contribution in [0.25, 0.3) is 0 Å². The van der Waals surface area contributed by atoms with Crippen molar-refractivity contribution in [1.82, 2.24) is 0 Å². The molecular weight excluding hydrogens is 317 g/mol. The van der Waals surface area contributed by atoms with E-state index in [-0.39, 0.29) is 11.5 Å². The number of hydrogen-bond donors (Lipinski definition) is 1. The third-order valence-corrected chi connectivity index (χ3v) is 3.23. The highest BCUT2D eigenvalue weighted by molar-refractivity contribution is 5.27. The van der Waals surface area contributed by atoms with Crippen molar-refractivity contribution in [3.8, 4) is 0 Å². The lowest BCUT2D eigenvalue weighted by molar-refractivity contribution is -0.358. The van der Waals surface area contributed by atoms with E-state index in [2.05, 4.69) is 0 Å². The Morgan fingerprint density at radius 3 is 1.91 bits per heavy atom. The molecule has 0 amide bonds. The third kappa shape index (κ3) is 3.71. The Hall–Kier alpha value is -1.31. The van der Waals surface area contributed by atoms with Gasteiger partial charge in [0.1, 0.15) is 0 Å². The van der Waals surface area contributed by atoms with E-state index < -0.39 is 30.5 Å². The first-order chi connectivity index (χ1) is 9.79. The number of hydrogen-bond acceptors (Lipinski definition) is 1. The van der Waals surface area contributed by atoms with Crippen LogP contribution in [0, 0.1) is 0 Å². The molecule has 126 valence electrons. The summed E-state index contributed by atoms with van der Waals surface area (Å²) >= 11 is 0. The molecule has 0 saturated carbocycles. The van der Waals surface area contributed by atoms with Gasteiger partial charge < -0.3 is 5.11 Å². The Bertz CT molecular complexity index is 508. The van der Waals surface area contributed by atoms with E-state index in [1.165, 1.54) is 18.2 Å². The molecule has 0 bridgehead atoms. The zero-order valence-corrected chi connectivity index (χ0v) is 11.8. The van der Waals surface area contributed by atoms with E-state index >= 15 is 0 Å². The lowest BCUT2D eigenvalue weighted by Gasteiger charge is -2.29. The average molecular weight is 332 g/mol. The van der Waals surface area contributed by atoms with Gasteiger partial charge in [0.05, 0.1) is 6.10 Å². The first-order valence-corrected chi connectivity index (χ1v) is 6.40. The molecule has 22 heavy (non-hydrogen) atoms. The summed E-state index contributed by atoms with van der Waals surface area (Å²) in [5.74, 6) is -11.7. The van der Waals surface area contributed by atoms with Crippen LogP contribution < -0.4 is 0 Å². The van der Waals surface area contributed by atoms with Crippen LogP contribution in [0.15, 0.2) is 24.3 Å². The third-order valence-electron chi connectivity index (χ3n) is 3.23. The fourth-order valence-corrected chi connectivity index (χ4v) is 1.82. The number of halogens is 7. The van der Waals surface area contributed by atoms with Gasteiger partial charge in [-0.3, -0.25) is 0 Å². The summed E-state index contributed by atoms with van der Waals surface area (Å²) in [5, 5.41) is 9.61. The van der Waals surface area contributed by atoms with E-state index in [9.17, 15) is 35.8 Å². The fraction of sp³-hybridized carbons (Fsp3) is 0.571. The van der Waals surface area contributed by atoms with E-state index in [0.717, 1.165) is 0 Å². The van der Waals surface area contributed by atoms with Gasteiger partial charge in [-0.1, -0.05) is 38.1 Å². The Kier molecular flexibility index (Phi) is 5.16. The first-order valence-electron chi connectivity index (χ1n) is 6.40. The normalized spacial score (nSPS) is 15.2. The van der Waals surface area contributed by atoms with Crippen molar-refractivity contribution >= 4 is 0 Å². The second-order valence-electron chi connectivity index (χ2n) is 5.32. The van der Waals surface area contributed by atoms with E-state index in [1.54, 1.807) is 19.9 Å². The Balaban J connectivity index is 3.01. The second kappa shape index (κ2) is 6.06. The molecule has 1 aromatic rings. The standard InChI is InChI=1S/C14H15F7O/c1-8(2)9-4-3-5-10(6-9)11(22)7-12(15,16)13(17,18)14(19,20)21/h3-6,8,11,22H,7H2,1-2H3. The van der Waals surface area contributed by atoms with E-state index in [0.29, 0.717) is 5.56 Å². The highest BCUT2D eigenvalue weighted by Crippen LogP contribution is 2.49. The number of aliphatic hydroxyl groups excluding tert-OH is 1. The van der Waals surface area contributed by atoms with Crippen molar-refractivity contribution in [3.05, 3.63) is 35.4 Å². The minimum Gasteiger partial charge on any atom is -0.388 e. The Morgan fingerprint density at radius 1 is 0.955 bits per heavy atom. The van der Waals surface area contributed by atoms with Crippen molar-refractivity contribution in [1.29, 1.82) is 0 Å². The maximum Gasteiger partial charge on any atom is 0.459 e. The summed E-state index contributed by atoms with van der Waals surface area (Å²) in [5.41, 5.74) is 0.506. The molecule has 1 rings (SSSR count). The SMILES string of the molecule is CC(C)c1cccc(C(O)CC(F)(F)C(F)(F)C(F)(F)F)c1. The van der Waals surface area contributed by atoms with Crippen LogP contribution in [-0.4, -0.2) is 23.1 Å². The van der Waals surface area contributed by atoms with E-state index in [4.69, 9.17) is 0 Å². The predicted molar refractivity (Wildman–Crippen MR) is 66.1 cm³/mol. The van der Waals surface area contributed by atoms with Gasteiger partial charge in [-0.25, -0.2) is 0 Å². The molecule has 8 heteroatoms. The Labute approximate surface area is 122 Å². The van der Waals surface area contributed by atoms with Crippen molar-refractivity contribution < 1.29 is 35.8 Å². The second-order valence-corrected chi connectivity index (χ2v) is 5.32. The van der Waals surface area contributed by atoms with Gasteiger partial charge in [-0.05, 0) is 17.0 Å².